The second-order valence-corrected chi connectivity index (χ2v) is 8.02. The topological polar surface area (TPSA) is 54.4 Å². The third kappa shape index (κ3) is 5.10. The van der Waals surface area contributed by atoms with E-state index in [9.17, 15) is 13.5 Å². The van der Waals surface area contributed by atoms with Crippen LogP contribution in [-0.4, -0.2) is 19.6 Å². The Bertz CT molecular complexity index is 548. The first-order chi connectivity index (χ1) is 9.13. The van der Waals surface area contributed by atoms with Crippen LogP contribution in [0, 0.1) is 12.3 Å². The van der Waals surface area contributed by atoms with Crippen molar-refractivity contribution in [1.82, 2.24) is 0 Å². The van der Waals surface area contributed by atoms with Crippen LogP contribution in [0.15, 0.2) is 40.6 Å². The quantitative estimate of drug-likeness (QED) is 0.905. The number of hydrogen-bond acceptors (Lipinski definition) is 3. The Morgan fingerprint density at radius 3 is 2.25 bits per heavy atom. The van der Waals surface area contributed by atoms with Crippen LogP contribution >= 0.6 is 0 Å². The van der Waals surface area contributed by atoms with Gasteiger partial charge in [-0.2, -0.15) is 0 Å². The largest absolute Gasteiger partial charge is 0.393 e. The molecule has 0 aromatic heterocycles. The highest BCUT2D eigenvalue weighted by Gasteiger charge is 2.20. The van der Waals surface area contributed by atoms with Gasteiger partial charge in [0, 0.05) is 5.41 Å². The molecule has 0 saturated heterocycles. The van der Waals surface area contributed by atoms with Crippen LogP contribution in [0.25, 0.3) is 0 Å². The highest BCUT2D eigenvalue weighted by atomic mass is 32.2. The number of aliphatic hydroxyl groups excluding tert-OH is 1. The lowest BCUT2D eigenvalue weighted by Gasteiger charge is -2.25. The summed E-state index contributed by atoms with van der Waals surface area (Å²) in [5.41, 5.74) is 0.852. The molecule has 0 amide bonds. The van der Waals surface area contributed by atoms with Gasteiger partial charge in [0.2, 0.25) is 0 Å². The monoisotopic (exact) mass is 296 g/mol. The number of aryl methyl sites for hydroxylation is 1. The van der Waals surface area contributed by atoms with E-state index in [1.165, 1.54) is 5.41 Å². The summed E-state index contributed by atoms with van der Waals surface area (Å²) in [7, 11) is -3.37. The maximum atomic E-state index is 12.0. The van der Waals surface area contributed by atoms with Gasteiger partial charge in [0.05, 0.1) is 11.0 Å². The van der Waals surface area contributed by atoms with Gasteiger partial charge in [-0.3, -0.25) is 0 Å². The van der Waals surface area contributed by atoms with E-state index in [2.05, 4.69) is 0 Å². The molecular formula is C16H24O3S. The minimum absolute atomic E-state index is 0.177. The minimum atomic E-state index is -3.37. The Morgan fingerprint density at radius 2 is 1.75 bits per heavy atom. The molecule has 0 bridgehead atoms. The van der Waals surface area contributed by atoms with Gasteiger partial charge in [0.25, 0.3) is 0 Å². The number of hydrogen-bond donors (Lipinski definition) is 1. The molecule has 0 aliphatic carbocycles. The molecule has 0 radical (unpaired) electrons. The summed E-state index contributed by atoms with van der Waals surface area (Å²) in [6, 6.07) is 6.78. The van der Waals surface area contributed by atoms with Gasteiger partial charge < -0.3 is 5.11 Å². The molecule has 0 spiro atoms. The van der Waals surface area contributed by atoms with Crippen molar-refractivity contribution >= 4 is 9.84 Å². The summed E-state index contributed by atoms with van der Waals surface area (Å²) in [6.45, 7) is 7.80. The van der Waals surface area contributed by atoms with Gasteiger partial charge in [-0.1, -0.05) is 44.5 Å². The van der Waals surface area contributed by atoms with Crippen LogP contribution in [0.3, 0.4) is 0 Å². The van der Waals surface area contributed by atoms with E-state index in [1.54, 1.807) is 30.3 Å². The average Bonchev–Trinajstić information content (AvgIpc) is 2.33. The third-order valence-corrected chi connectivity index (χ3v) is 4.71. The lowest BCUT2D eigenvalue weighted by molar-refractivity contribution is 0.0566. The van der Waals surface area contributed by atoms with E-state index < -0.39 is 15.9 Å². The van der Waals surface area contributed by atoms with Gasteiger partial charge in [0.1, 0.15) is 0 Å². The average molecular weight is 296 g/mol. The Labute approximate surface area is 122 Å². The van der Waals surface area contributed by atoms with Gasteiger partial charge in [-0.05, 0) is 37.3 Å². The fraction of sp³-hybridized carbons (Fsp3) is 0.500. The van der Waals surface area contributed by atoms with Crippen molar-refractivity contribution in [1.29, 1.82) is 0 Å². The number of allylic oxidation sites excluding steroid dienone is 1. The van der Waals surface area contributed by atoms with Crippen LogP contribution in [0.1, 0.15) is 39.2 Å². The molecule has 1 unspecified atom stereocenters. The van der Waals surface area contributed by atoms with E-state index in [-0.39, 0.29) is 5.41 Å². The Morgan fingerprint density at radius 1 is 1.20 bits per heavy atom. The van der Waals surface area contributed by atoms with Crippen LogP contribution in [-0.2, 0) is 9.84 Å². The lowest BCUT2D eigenvalue weighted by atomic mass is 9.86. The molecule has 0 aliphatic heterocycles. The van der Waals surface area contributed by atoms with Crippen molar-refractivity contribution in [2.45, 2.75) is 51.5 Å². The van der Waals surface area contributed by atoms with Gasteiger partial charge in [0.15, 0.2) is 9.84 Å². The zero-order valence-corrected chi connectivity index (χ0v) is 13.4. The summed E-state index contributed by atoms with van der Waals surface area (Å²) < 4.78 is 24.1. The molecule has 20 heavy (non-hydrogen) atoms. The maximum Gasteiger partial charge on any atom is 0.199 e. The smallest absolute Gasteiger partial charge is 0.199 e. The van der Waals surface area contributed by atoms with Crippen molar-refractivity contribution < 1.29 is 13.5 Å². The number of benzene rings is 1. The standard InChI is InChI=1S/C16H24O3S/c1-13-8-10-14(11-9-13)20(18,19)12-6-5-7-15(17)16(2,3)4/h6,8-12,15,17H,5,7H2,1-4H3/b12-6+. The van der Waals surface area contributed by atoms with Crippen LogP contribution in [0.5, 0.6) is 0 Å². The molecule has 0 aliphatic rings. The van der Waals surface area contributed by atoms with Crippen LogP contribution in [0.2, 0.25) is 0 Å². The fourth-order valence-corrected chi connectivity index (χ4v) is 2.75. The predicted octanol–water partition coefficient (Wildman–Crippen LogP) is 3.47. The molecule has 3 nitrogen and oxygen atoms in total. The first-order valence-corrected chi connectivity index (χ1v) is 8.34. The first-order valence-electron chi connectivity index (χ1n) is 6.79. The Kier molecular flexibility index (Phi) is 5.54. The van der Waals surface area contributed by atoms with Gasteiger partial charge in [-0.15, -0.1) is 0 Å². The highest BCUT2D eigenvalue weighted by Crippen LogP contribution is 2.23. The van der Waals surface area contributed by atoms with E-state index in [4.69, 9.17) is 0 Å². The van der Waals surface area contributed by atoms with Crippen molar-refractivity contribution in [2.75, 3.05) is 0 Å². The molecule has 1 aromatic rings. The summed E-state index contributed by atoms with van der Waals surface area (Å²) in [4.78, 5) is 0.302. The number of aliphatic hydroxyl groups is 1. The number of sulfone groups is 1. The molecule has 0 heterocycles. The second-order valence-electron chi connectivity index (χ2n) is 6.19. The Hall–Kier alpha value is -1.13. The van der Waals surface area contributed by atoms with Gasteiger partial charge >= 0.3 is 0 Å². The van der Waals surface area contributed by atoms with E-state index in [0.29, 0.717) is 17.7 Å². The third-order valence-electron chi connectivity index (χ3n) is 3.23. The molecule has 0 fully saturated rings. The highest BCUT2D eigenvalue weighted by molar-refractivity contribution is 7.94. The van der Waals surface area contributed by atoms with Crippen molar-refractivity contribution in [2.24, 2.45) is 5.41 Å². The molecule has 1 N–H and O–H groups in total. The molecular weight excluding hydrogens is 272 g/mol. The normalized spacial score (nSPS) is 14.7. The van der Waals surface area contributed by atoms with Gasteiger partial charge in [-0.25, -0.2) is 8.42 Å². The lowest BCUT2D eigenvalue weighted by Crippen LogP contribution is -2.25. The summed E-state index contributed by atoms with van der Waals surface area (Å²) in [5, 5.41) is 11.1. The first kappa shape index (κ1) is 16.9. The second kappa shape index (κ2) is 6.55. The van der Waals surface area contributed by atoms with Crippen molar-refractivity contribution in [3.05, 3.63) is 41.3 Å². The molecule has 112 valence electrons. The van der Waals surface area contributed by atoms with E-state index in [0.717, 1.165) is 5.56 Å². The number of rotatable bonds is 5. The Balaban J connectivity index is 2.63. The predicted molar refractivity (Wildman–Crippen MR) is 82.2 cm³/mol. The molecule has 0 saturated carbocycles. The molecule has 1 rings (SSSR count). The minimum Gasteiger partial charge on any atom is -0.393 e. The SMILES string of the molecule is Cc1ccc(S(=O)(=O)/C=C/CCC(O)C(C)(C)C)cc1. The molecule has 4 heteroatoms. The molecule has 1 aromatic carbocycles. The zero-order chi connectivity index (χ0) is 15.4. The summed E-state index contributed by atoms with van der Waals surface area (Å²) in [5.74, 6) is 0. The fourth-order valence-electron chi connectivity index (χ4n) is 1.69. The van der Waals surface area contributed by atoms with E-state index >= 15 is 0 Å². The van der Waals surface area contributed by atoms with Crippen LogP contribution in [0.4, 0.5) is 0 Å². The van der Waals surface area contributed by atoms with Crippen LogP contribution < -0.4 is 0 Å². The summed E-state index contributed by atoms with van der Waals surface area (Å²) >= 11 is 0. The van der Waals surface area contributed by atoms with Crippen molar-refractivity contribution in [3.63, 3.8) is 0 Å². The maximum absolute atomic E-state index is 12.0. The summed E-state index contributed by atoms with van der Waals surface area (Å²) in [6.07, 6.45) is 2.28. The van der Waals surface area contributed by atoms with E-state index in [1.807, 2.05) is 27.7 Å². The molecule has 1 atom stereocenters. The zero-order valence-electron chi connectivity index (χ0n) is 12.6. The van der Waals surface area contributed by atoms with Crippen molar-refractivity contribution in [3.8, 4) is 0 Å².